The zero-order valence-corrected chi connectivity index (χ0v) is 30.5. The number of H-pyrrole nitrogens is 1. The molecule has 1 aromatic heterocycles. The molecular formula is C39H46N4O7Si. The van der Waals surface area contributed by atoms with E-state index in [2.05, 4.69) is 10.3 Å². The Kier molecular flexibility index (Phi) is 9.29. The zero-order chi connectivity index (χ0) is 36.1. The Balaban J connectivity index is 1.16. The molecule has 11 nitrogen and oxygen atoms in total. The van der Waals surface area contributed by atoms with Crippen molar-refractivity contribution in [1.29, 1.82) is 0 Å². The lowest BCUT2D eigenvalue weighted by Gasteiger charge is -2.33. The highest BCUT2D eigenvalue weighted by Gasteiger charge is 2.66. The zero-order valence-electron chi connectivity index (χ0n) is 29.5. The predicted octanol–water partition coefficient (Wildman–Crippen LogP) is 5.08. The predicted molar refractivity (Wildman–Crippen MR) is 197 cm³/mol. The van der Waals surface area contributed by atoms with Crippen molar-refractivity contribution in [3.8, 4) is 5.75 Å². The van der Waals surface area contributed by atoms with Crippen molar-refractivity contribution >= 4 is 48.3 Å². The first-order valence-electron chi connectivity index (χ1n) is 17.7. The number of benzene rings is 3. The van der Waals surface area contributed by atoms with Crippen LogP contribution >= 0.6 is 0 Å². The van der Waals surface area contributed by atoms with E-state index in [9.17, 15) is 24.3 Å². The lowest BCUT2D eigenvalue weighted by molar-refractivity contribution is -0.150. The van der Waals surface area contributed by atoms with Crippen molar-refractivity contribution in [1.82, 2.24) is 9.88 Å². The number of aromatic amines is 1. The van der Waals surface area contributed by atoms with Gasteiger partial charge in [-0.1, -0.05) is 37.3 Å². The summed E-state index contributed by atoms with van der Waals surface area (Å²) in [5.74, 6) is -0.439. The number of fused-ring (bicyclic) bond motifs is 3. The van der Waals surface area contributed by atoms with Crippen LogP contribution in [0.5, 0.6) is 5.75 Å². The Hall–Kier alpha value is -4.49. The van der Waals surface area contributed by atoms with Crippen molar-refractivity contribution in [2.24, 2.45) is 5.92 Å². The van der Waals surface area contributed by atoms with Crippen LogP contribution in [0.2, 0.25) is 18.6 Å². The van der Waals surface area contributed by atoms with Gasteiger partial charge < -0.3 is 39.5 Å². The number of nitrogens with zero attached hydrogens (tertiary/aromatic N) is 2. The van der Waals surface area contributed by atoms with E-state index in [1.54, 1.807) is 16.9 Å². The van der Waals surface area contributed by atoms with Gasteiger partial charge in [-0.15, -0.1) is 0 Å². The van der Waals surface area contributed by atoms with Gasteiger partial charge in [0.25, 0.3) is 5.91 Å². The molecule has 0 saturated carbocycles. The number of ether oxygens (including phenoxy) is 2. The smallest absolute Gasteiger partial charge is 0.264 e. The summed E-state index contributed by atoms with van der Waals surface area (Å²) < 4.78 is 12.5. The summed E-state index contributed by atoms with van der Waals surface area (Å²) in [6.45, 7) is 6.29. The topological polar surface area (TPSA) is 144 Å². The maximum Gasteiger partial charge on any atom is 0.264 e. The maximum atomic E-state index is 14.9. The van der Waals surface area contributed by atoms with Gasteiger partial charge in [-0.25, -0.2) is 0 Å². The third kappa shape index (κ3) is 6.24. The summed E-state index contributed by atoms with van der Waals surface area (Å²) in [4.78, 5) is 60.0. The second-order valence-electron chi connectivity index (χ2n) is 14.7. The standard InChI is InChI=1S/C39H46N4O7Si/c1-24-37(51(3,4)48)34(20-36(46)42-16-8-11-28(42)23-44)50-39(24)31-19-29(49-2)14-15-33(31)43(38(39)47)22-25-9-7-10-27(17-25)41-35(45)18-26-21-40-32-13-6-5-12-30(26)32/h5-7,9-10,12-15,17,19,21,24,28,34,37,40,44,48H,8,11,16,18,20,22-23H2,1-4H3,(H,41,45)/t24-,28-,34+,37-,39+/m0/s1. The molecule has 4 aromatic rings. The van der Waals surface area contributed by atoms with Crippen LogP contribution in [0.3, 0.4) is 0 Å². The fourth-order valence-corrected chi connectivity index (χ4v) is 11.3. The number of aromatic nitrogens is 1. The maximum absolute atomic E-state index is 14.9. The summed E-state index contributed by atoms with van der Waals surface area (Å²) in [6.07, 6.45) is 2.95. The number of carbonyl (C=O) groups excluding carboxylic acids is 3. The van der Waals surface area contributed by atoms with Gasteiger partial charge in [0.1, 0.15) is 5.75 Å². The van der Waals surface area contributed by atoms with Gasteiger partial charge in [0.2, 0.25) is 11.8 Å². The molecule has 1 spiro atoms. The highest BCUT2D eigenvalue weighted by Crippen LogP contribution is 2.60. The van der Waals surface area contributed by atoms with Gasteiger partial charge >= 0.3 is 0 Å². The first kappa shape index (κ1) is 34.9. The Bertz CT molecular complexity index is 1970. The number of nitrogens with one attached hydrogen (secondary N) is 2. The van der Waals surface area contributed by atoms with E-state index in [1.165, 1.54) is 0 Å². The second-order valence-corrected chi connectivity index (χ2v) is 18.7. The van der Waals surface area contributed by atoms with Gasteiger partial charge in [-0.2, -0.15) is 0 Å². The van der Waals surface area contributed by atoms with E-state index in [0.29, 0.717) is 29.2 Å². The number of carbonyl (C=O) groups is 3. The van der Waals surface area contributed by atoms with E-state index >= 15 is 0 Å². The van der Waals surface area contributed by atoms with E-state index in [0.717, 1.165) is 34.9 Å². The number of aliphatic hydroxyl groups excluding tert-OH is 1. The molecule has 2 fully saturated rings. The monoisotopic (exact) mass is 710 g/mol. The third-order valence-corrected chi connectivity index (χ3v) is 13.6. The first-order valence-corrected chi connectivity index (χ1v) is 20.7. The SMILES string of the molecule is COc1ccc2c(c1)[C@@]1(O[C@H](CC(=O)N3CCC[C@H]3CO)[C@@H]([Si](C)(C)O)[C@@H]1C)C(=O)N2Cc1cccc(NC(=O)Cc2c[nH]c3ccccc23)c1. The lowest BCUT2D eigenvalue weighted by Crippen LogP contribution is -2.46. The number of hydrogen-bond acceptors (Lipinski definition) is 7. The molecule has 0 bridgehead atoms. The Morgan fingerprint density at radius 3 is 2.69 bits per heavy atom. The molecule has 268 valence electrons. The molecule has 3 aliphatic rings. The average molecular weight is 711 g/mol. The van der Waals surface area contributed by atoms with Gasteiger partial charge in [0, 0.05) is 46.4 Å². The Morgan fingerprint density at radius 2 is 1.92 bits per heavy atom. The molecule has 51 heavy (non-hydrogen) atoms. The van der Waals surface area contributed by atoms with E-state index in [1.807, 2.05) is 92.9 Å². The summed E-state index contributed by atoms with van der Waals surface area (Å²) >= 11 is 0. The average Bonchev–Trinajstić information content (AvgIpc) is 3.86. The highest BCUT2D eigenvalue weighted by molar-refractivity contribution is 6.71. The van der Waals surface area contributed by atoms with Gasteiger partial charge in [0.05, 0.1) is 50.9 Å². The molecule has 7 rings (SSSR count). The van der Waals surface area contributed by atoms with Crippen molar-refractivity contribution in [3.05, 3.63) is 89.6 Å². The summed E-state index contributed by atoms with van der Waals surface area (Å²) in [7, 11) is -1.42. The van der Waals surface area contributed by atoms with Gasteiger partial charge in [-0.3, -0.25) is 14.4 Å². The third-order valence-electron chi connectivity index (χ3n) is 11.1. The molecule has 3 aromatic carbocycles. The second kappa shape index (κ2) is 13.6. The summed E-state index contributed by atoms with van der Waals surface area (Å²) in [6, 6.07) is 20.6. The lowest BCUT2D eigenvalue weighted by atomic mass is 9.82. The molecular weight excluding hydrogens is 665 g/mol. The number of anilines is 2. The van der Waals surface area contributed by atoms with Crippen molar-refractivity contribution in [3.63, 3.8) is 0 Å². The van der Waals surface area contributed by atoms with Crippen LogP contribution < -0.4 is 15.0 Å². The number of methoxy groups -OCH3 is 1. The van der Waals surface area contributed by atoms with E-state index < -0.39 is 31.5 Å². The van der Waals surface area contributed by atoms with Crippen LogP contribution in [-0.2, 0) is 37.7 Å². The van der Waals surface area contributed by atoms with Crippen LogP contribution in [0.15, 0.2) is 72.9 Å². The molecule has 3 aliphatic heterocycles. The number of hydrogen-bond donors (Lipinski definition) is 4. The van der Waals surface area contributed by atoms with E-state index in [4.69, 9.17) is 9.47 Å². The molecule has 12 heteroatoms. The molecule has 4 N–H and O–H groups in total. The molecule has 5 atom stereocenters. The van der Waals surface area contributed by atoms with Crippen molar-refractivity contribution in [2.45, 2.75) is 75.5 Å². The number of likely N-dealkylation sites (tertiary alicyclic amines) is 1. The number of rotatable bonds is 10. The fraction of sp³-hybridized carbons (Fsp3) is 0.410. The molecule has 3 amide bonds. The van der Waals surface area contributed by atoms with E-state index in [-0.39, 0.29) is 49.8 Å². The molecule has 0 radical (unpaired) electrons. The van der Waals surface area contributed by atoms with Crippen molar-refractivity contribution in [2.75, 3.05) is 30.5 Å². The van der Waals surface area contributed by atoms with Crippen LogP contribution in [0.25, 0.3) is 10.9 Å². The number of amides is 3. The fourth-order valence-electron chi connectivity index (χ4n) is 8.77. The summed E-state index contributed by atoms with van der Waals surface area (Å²) in [5, 5.41) is 13.9. The van der Waals surface area contributed by atoms with Gasteiger partial charge in [-0.05, 0) is 73.5 Å². The minimum absolute atomic E-state index is 0.0110. The molecule has 2 saturated heterocycles. The van der Waals surface area contributed by atoms with Crippen LogP contribution in [-0.4, -0.2) is 78.2 Å². The van der Waals surface area contributed by atoms with Crippen LogP contribution in [0, 0.1) is 5.92 Å². The Morgan fingerprint density at radius 1 is 1.12 bits per heavy atom. The van der Waals surface area contributed by atoms with Crippen LogP contribution in [0.4, 0.5) is 11.4 Å². The largest absolute Gasteiger partial charge is 0.497 e. The Labute approximate surface area is 298 Å². The molecule has 4 heterocycles. The van der Waals surface area contributed by atoms with Gasteiger partial charge in [0.15, 0.2) is 13.9 Å². The van der Waals surface area contributed by atoms with Crippen molar-refractivity contribution < 1.29 is 33.8 Å². The van der Waals surface area contributed by atoms with Crippen LogP contribution in [0.1, 0.15) is 42.9 Å². The minimum atomic E-state index is -3.00. The summed E-state index contributed by atoms with van der Waals surface area (Å²) in [5.41, 5.74) is 2.76. The molecule has 0 aliphatic carbocycles. The highest BCUT2D eigenvalue weighted by atomic mass is 28.4. The first-order chi connectivity index (χ1) is 24.4. The quantitative estimate of drug-likeness (QED) is 0.168. The number of para-hydroxylation sites is 1. The minimum Gasteiger partial charge on any atom is -0.497 e. The number of aliphatic hydroxyl groups is 1. The normalized spacial score (nSPS) is 24.5. The molecule has 0 unspecified atom stereocenters.